The highest BCUT2D eigenvalue weighted by Gasteiger charge is 2.18. The van der Waals surface area contributed by atoms with E-state index in [9.17, 15) is 13.6 Å². The van der Waals surface area contributed by atoms with Crippen molar-refractivity contribution in [1.29, 1.82) is 0 Å². The Hall–Kier alpha value is -1.69. The lowest BCUT2D eigenvalue weighted by Crippen LogP contribution is -2.39. The van der Waals surface area contributed by atoms with Crippen LogP contribution in [0.4, 0.5) is 8.78 Å². The maximum Gasteiger partial charge on any atom is 0.324 e. The summed E-state index contributed by atoms with van der Waals surface area (Å²) >= 11 is 0. The molecule has 0 aliphatic carbocycles. The lowest BCUT2D eigenvalue weighted by Gasteiger charge is -2.13. The number of halogens is 2. The molecule has 1 aromatic carbocycles. The van der Waals surface area contributed by atoms with Gasteiger partial charge < -0.3 is 15.2 Å². The van der Waals surface area contributed by atoms with Crippen molar-refractivity contribution in [2.45, 2.75) is 6.04 Å². The van der Waals surface area contributed by atoms with Crippen molar-refractivity contribution in [1.82, 2.24) is 5.32 Å². The smallest absolute Gasteiger partial charge is 0.324 e. The number of hydrogen-bond acceptors (Lipinski definition) is 3. The van der Waals surface area contributed by atoms with Crippen molar-refractivity contribution in [3.63, 3.8) is 0 Å². The number of carboxylic acids is 1. The number of nitrogens with one attached hydrogen (secondary N) is 1. The maximum atomic E-state index is 13.1. The first-order valence-electron chi connectivity index (χ1n) is 4.53. The zero-order valence-corrected chi connectivity index (χ0v) is 8.54. The monoisotopic (exact) mass is 231 g/mol. The Morgan fingerprint density at radius 1 is 1.50 bits per heavy atom. The molecule has 0 heterocycles. The van der Waals surface area contributed by atoms with Gasteiger partial charge in [-0.05, 0) is 19.2 Å². The van der Waals surface area contributed by atoms with Crippen molar-refractivity contribution in [2.75, 3.05) is 13.7 Å². The molecule has 0 bridgehead atoms. The van der Waals surface area contributed by atoms with Gasteiger partial charge in [0.25, 0.3) is 0 Å². The van der Waals surface area contributed by atoms with Gasteiger partial charge in [-0.3, -0.25) is 4.79 Å². The lowest BCUT2D eigenvalue weighted by molar-refractivity contribution is -0.140. The van der Waals surface area contributed by atoms with Crippen LogP contribution in [-0.2, 0) is 4.79 Å². The minimum atomic E-state index is -1.15. The van der Waals surface area contributed by atoms with Crippen LogP contribution in [0.5, 0.6) is 5.75 Å². The van der Waals surface area contributed by atoms with E-state index in [1.165, 1.54) is 13.1 Å². The Balaban J connectivity index is 2.70. The quantitative estimate of drug-likeness (QED) is 0.794. The molecule has 1 aromatic rings. The number of likely N-dealkylation sites (N-methyl/N-ethyl adjacent to an activating group) is 1. The Morgan fingerprint density at radius 2 is 2.06 bits per heavy atom. The molecule has 1 unspecified atom stereocenters. The highest BCUT2D eigenvalue weighted by Crippen LogP contribution is 2.20. The SMILES string of the molecule is CNC(COc1c(F)cccc1F)C(=O)O. The zero-order chi connectivity index (χ0) is 12.1. The predicted molar refractivity (Wildman–Crippen MR) is 52.3 cm³/mol. The topological polar surface area (TPSA) is 58.6 Å². The fourth-order valence-corrected chi connectivity index (χ4v) is 1.07. The van der Waals surface area contributed by atoms with Gasteiger partial charge in [-0.15, -0.1) is 0 Å². The highest BCUT2D eigenvalue weighted by atomic mass is 19.1. The summed E-state index contributed by atoms with van der Waals surface area (Å²) in [7, 11) is 1.42. The molecule has 0 saturated carbocycles. The Bertz CT molecular complexity index is 364. The molecule has 0 aliphatic heterocycles. The van der Waals surface area contributed by atoms with Gasteiger partial charge in [0.2, 0.25) is 0 Å². The predicted octanol–water partition coefficient (Wildman–Crippen LogP) is 1.02. The molecule has 16 heavy (non-hydrogen) atoms. The molecular weight excluding hydrogens is 220 g/mol. The summed E-state index contributed by atoms with van der Waals surface area (Å²) in [5, 5.41) is 11.1. The van der Waals surface area contributed by atoms with Crippen molar-refractivity contribution in [3.8, 4) is 5.75 Å². The second-order valence-corrected chi connectivity index (χ2v) is 3.04. The summed E-state index contributed by atoms with van der Waals surface area (Å²) in [5.74, 6) is -3.44. The van der Waals surface area contributed by atoms with Crippen LogP contribution in [0.25, 0.3) is 0 Å². The van der Waals surface area contributed by atoms with Gasteiger partial charge in [-0.25, -0.2) is 8.78 Å². The molecule has 0 aliphatic rings. The third kappa shape index (κ3) is 2.90. The first-order chi connectivity index (χ1) is 7.56. The van der Waals surface area contributed by atoms with Crippen molar-refractivity contribution in [2.24, 2.45) is 0 Å². The number of aliphatic carboxylic acids is 1. The molecule has 0 spiro atoms. The number of para-hydroxylation sites is 1. The summed E-state index contributed by atoms with van der Waals surface area (Å²) < 4.78 is 30.9. The van der Waals surface area contributed by atoms with Gasteiger partial charge >= 0.3 is 5.97 Å². The second kappa shape index (κ2) is 5.41. The van der Waals surface area contributed by atoms with Gasteiger partial charge in [-0.1, -0.05) is 6.07 Å². The molecule has 88 valence electrons. The van der Waals surface area contributed by atoms with E-state index in [1.54, 1.807) is 0 Å². The normalized spacial score (nSPS) is 12.2. The van der Waals surface area contributed by atoms with E-state index >= 15 is 0 Å². The summed E-state index contributed by atoms with van der Waals surface area (Å²) in [4.78, 5) is 10.6. The van der Waals surface area contributed by atoms with Crippen LogP contribution >= 0.6 is 0 Å². The molecule has 1 rings (SSSR count). The molecule has 0 fully saturated rings. The summed E-state index contributed by atoms with van der Waals surface area (Å²) in [6.45, 7) is -0.357. The van der Waals surface area contributed by atoms with Gasteiger partial charge in [0, 0.05) is 0 Å². The van der Waals surface area contributed by atoms with E-state index in [1.807, 2.05) is 0 Å². The molecule has 1 atom stereocenters. The van der Waals surface area contributed by atoms with Crippen LogP contribution in [0.1, 0.15) is 0 Å². The van der Waals surface area contributed by atoms with Crippen LogP contribution in [0, 0.1) is 11.6 Å². The molecule has 2 N–H and O–H groups in total. The molecule has 4 nitrogen and oxygen atoms in total. The fourth-order valence-electron chi connectivity index (χ4n) is 1.07. The minimum Gasteiger partial charge on any atom is -0.485 e. The number of rotatable bonds is 5. The Morgan fingerprint density at radius 3 is 2.50 bits per heavy atom. The van der Waals surface area contributed by atoms with Crippen molar-refractivity contribution in [3.05, 3.63) is 29.8 Å². The van der Waals surface area contributed by atoms with Crippen LogP contribution in [0.3, 0.4) is 0 Å². The molecule has 0 saturated heterocycles. The molecule has 6 heteroatoms. The number of benzene rings is 1. The van der Waals surface area contributed by atoms with E-state index in [4.69, 9.17) is 9.84 Å². The van der Waals surface area contributed by atoms with Crippen LogP contribution in [0.15, 0.2) is 18.2 Å². The first kappa shape index (κ1) is 12.4. The van der Waals surface area contributed by atoms with E-state index in [0.29, 0.717) is 0 Å². The van der Waals surface area contributed by atoms with Gasteiger partial charge in [0.1, 0.15) is 12.6 Å². The summed E-state index contributed by atoms with van der Waals surface area (Å²) in [5.41, 5.74) is 0. The Kier molecular flexibility index (Phi) is 4.19. The number of carboxylic acid groups (broad SMARTS) is 1. The van der Waals surface area contributed by atoms with Crippen LogP contribution in [0.2, 0.25) is 0 Å². The largest absolute Gasteiger partial charge is 0.485 e. The number of hydrogen-bond donors (Lipinski definition) is 2. The lowest BCUT2D eigenvalue weighted by atomic mass is 10.3. The fraction of sp³-hybridized carbons (Fsp3) is 0.300. The number of ether oxygens (including phenoxy) is 1. The zero-order valence-electron chi connectivity index (χ0n) is 8.54. The first-order valence-corrected chi connectivity index (χ1v) is 4.53. The average Bonchev–Trinajstić information content (AvgIpc) is 2.22. The standard InChI is InChI=1S/C10H11F2NO3/c1-13-8(10(14)15)5-16-9-6(11)3-2-4-7(9)12/h2-4,8,13H,5H2,1H3,(H,14,15). The number of carbonyl (C=O) groups is 1. The summed E-state index contributed by atoms with van der Waals surface area (Å²) in [6, 6.07) is 2.25. The van der Waals surface area contributed by atoms with E-state index < -0.39 is 29.4 Å². The molecule has 0 radical (unpaired) electrons. The van der Waals surface area contributed by atoms with E-state index in [0.717, 1.165) is 12.1 Å². The van der Waals surface area contributed by atoms with Crippen molar-refractivity contribution >= 4 is 5.97 Å². The Labute approximate surface area is 90.8 Å². The van der Waals surface area contributed by atoms with Gasteiger partial charge in [0.05, 0.1) is 0 Å². The van der Waals surface area contributed by atoms with Gasteiger partial charge in [-0.2, -0.15) is 0 Å². The second-order valence-electron chi connectivity index (χ2n) is 3.04. The minimum absolute atomic E-state index is 0.357. The van der Waals surface area contributed by atoms with Crippen LogP contribution < -0.4 is 10.1 Å². The molecule has 0 amide bonds. The van der Waals surface area contributed by atoms with Gasteiger partial charge in [0.15, 0.2) is 17.4 Å². The third-order valence-corrected chi connectivity index (χ3v) is 1.96. The highest BCUT2D eigenvalue weighted by molar-refractivity contribution is 5.73. The average molecular weight is 231 g/mol. The molecule has 0 aromatic heterocycles. The van der Waals surface area contributed by atoms with E-state index in [-0.39, 0.29) is 6.61 Å². The van der Waals surface area contributed by atoms with E-state index in [2.05, 4.69) is 5.32 Å². The molecular formula is C10H11F2NO3. The van der Waals surface area contributed by atoms with Crippen LogP contribution in [-0.4, -0.2) is 30.8 Å². The third-order valence-electron chi connectivity index (χ3n) is 1.96. The maximum absolute atomic E-state index is 13.1. The summed E-state index contributed by atoms with van der Waals surface area (Å²) in [6.07, 6.45) is 0. The van der Waals surface area contributed by atoms with Crippen molar-refractivity contribution < 1.29 is 23.4 Å².